The molecule has 0 atom stereocenters. The molecular weight excluding hydrogens is 444 g/mol. The SMILES string of the molecule is CN(C)c1nc(NC2CCC(CNC(=O)C=Cc3cccc([N+](=O)[O-])c3)CC2)nc2ccccc12. The summed E-state index contributed by atoms with van der Waals surface area (Å²) in [6.45, 7) is 0.613. The molecular formula is C26H30N6O3. The number of fused-ring (bicyclic) bond motifs is 1. The van der Waals surface area contributed by atoms with Crippen molar-refractivity contribution in [3.63, 3.8) is 0 Å². The summed E-state index contributed by atoms with van der Waals surface area (Å²) < 4.78 is 0. The van der Waals surface area contributed by atoms with Crippen LogP contribution in [-0.4, -0.2) is 47.5 Å². The normalized spacial score (nSPS) is 17.9. The van der Waals surface area contributed by atoms with E-state index in [0.717, 1.165) is 42.4 Å². The van der Waals surface area contributed by atoms with E-state index in [4.69, 9.17) is 9.97 Å². The lowest BCUT2D eigenvalue weighted by atomic mass is 9.86. The molecule has 1 fully saturated rings. The summed E-state index contributed by atoms with van der Waals surface area (Å²) in [6.07, 6.45) is 6.98. The second-order valence-electron chi connectivity index (χ2n) is 9.07. The molecule has 1 aromatic heterocycles. The molecule has 0 aliphatic heterocycles. The van der Waals surface area contributed by atoms with Crippen LogP contribution in [0.4, 0.5) is 17.5 Å². The van der Waals surface area contributed by atoms with Crippen molar-refractivity contribution in [1.29, 1.82) is 0 Å². The van der Waals surface area contributed by atoms with Gasteiger partial charge in [-0.2, -0.15) is 4.98 Å². The van der Waals surface area contributed by atoms with E-state index in [1.54, 1.807) is 18.2 Å². The standard InChI is InChI=1S/C26H30N6O3/c1-31(2)25-22-8-3-4-9-23(22)29-26(30-25)28-20-13-10-19(11-14-20)17-27-24(33)15-12-18-6-5-7-21(16-18)32(34)35/h3-9,12,15-16,19-20H,10-11,13-14,17H2,1-2H3,(H,27,33)(H,28,29,30). The number of aromatic nitrogens is 2. The Morgan fingerprint density at radius 1 is 1.11 bits per heavy atom. The van der Waals surface area contributed by atoms with E-state index < -0.39 is 4.92 Å². The first-order valence-corrected chi connectivity index (χ1v) is 11.8. The van der Waals surface area contributed by atoms with Gasteiger partial charge in [0, 0.05) is 50.3 Å². The fourth-order valence-electron chi connectivity index (χ4n) is 4.38. The summed E-state index contributed by atoms with van der Waals surface area (Å²) in [4.78, 5) is 34.1. The van der Waals surface area contributed by atoms with Crippen molar-refractivity contribution >= 4 is 40.3 Å². The predicted molar refractivity (Wildman–Crippen MR) is 138 cm³/mol. The average Bonchev–Trinajstić information content (AvgIpc) is 2.86. The number of carbonyl (C=O) groups excluding carboxylic acids is 1. The van der Waals surface area contributed by atoms with Gasteiger partial charge in [0.2, 0.25) is 11.9 Å². The highest BCUT2D eigenvalue weighted by Gasteiger charge is 2.22. The Hall–Kier alpha value is -4.01. The molecule has 35 heavy (non-hydrogen) atoms. The zero-order chi connectivity index (χ0) is 24.8. The van der Waals surface area contributed by atoms with Crippen LogP contribution in [0.3, 0.4) is 0 Å². The van der Waals surface area contributed by atoms with Crippen molar-refractivity contribution in [3.8, 4) is 0 Å². The summed E-state index contributed by atoms with van der Waals surface area (Å²) in [7, 11) is 3.97. The number of nitrogens with one attached hydrogen (secondary N) is 2. The molecule has 1 aliphatic rings. The lowest BCUT2D eigenvalue weighted by Gasteiger charge is -2.29. The highest BCUT2D eigenvalue weighted by molar-refractivity contribution is 5.92. The minimum Gasteiger partial charge on any atom is -0.362 e. The molecule has 0 spiro atoms. The topological polar surface area (TPSA) is 113 Å². The molecule has 0 radical (unpaired) electrons. The van der Waals surface area contributed by atoms with Crippen LogP contribution in [0.1, 0.15) is 31.2 Å². The van der Waals surface area contributed by atoms with Crippen LogP contribution in [0.5, 0.6) is 0 Å². The summed E-state index contributed by atoms with van der Waals surface area (Å²) in [5, 5.41) is 18.4. The number of para-hydroxylation sites is 1. The van der Waals surface area contributed by atoms with Crippen molar-refractivity contribution in [2.45, 2.75) is 31.7 Å². The molecule has 3 aromatic rings. The maximum absolute atomic E-state index is 12.2. The summed E-state index contributed by atoms with van der Waals surface area (Å²) in [5.74, 6) is 1.76. The molecule has 9 nitrogen and oxygen atoms in total. The third-order valence-corrected chi connectivity index (χ3v) is 6.26. The second-order valence-corrected chi connectivity index (χ2v) is 9.07. The van der Waals surface area contributed by atoms with Crippen molar-refractivity contribution in [2.75, 3.05) is 30.9 Å². The van der Waals surface area contributed by atoms with Crippen LogP contribution in [-0.2, 0) is 4.79 Å². The second kappa shape index (κ2) is 10.9. The fourth-order valence-corrected chi connectivity index (χ4v) is 4.38. The van der Waals surface area contributed by atoms with Gasteiger partial charge in [-0.1, -0.05) is 24.3 Å². The Bertz CT molecular complexity index is 1230. The number of hydrogen-bond acceptors (Lipinski definition) is 7. The Kier molecular flexibility index (Phi) is 7.54. The molecule has 2 aromatic carbocycles. The van der Waals surface area contributed by atoms with Gasteiger partial charge in [0.05, 0.1) is 10.4 Å². The molecule has 1 saturated carbocycles. The van der Waals surface area contributed by atoms with Gasteiger partial charge in [-0.3, -0.25) is 14.9 Å². The smallest absolute Gasteiger partial charge is 0.270 e. The molecule has 182 valence electrons. The van der Waals surface area contributed by atoms with Crippen LogP contribution >= 0.6 is 0 Å². The zero-order valence-corrected chi connectivity index (χ0v) is 20.0. The average molecular weight is 475 g/mol. The Morgan fingerprint density at radius 2 is 1.89 bits per heavy atom. The van der Waals surface area contributed by atoms with Crippen LogP contribution in [0.25, 0.3) is 17.0 Å². The van der Waals surface area contributed by atoms with Crippen molar-refractivity contribution in [1.82, 2.24) is 15.3 Å². The van der Waals surface area contributed by atoms with E-state index in [2.05, 4.69) is 10.6 Å². The van der Waals surface area contributed by atoms with E-state index in [1.165, 1.54) is 18.2 Å². The molecule has 1 aliphatic carbocycles. The Labute approximate surface area is 204 Å². The van der Waals surface area contributed by atoms with E-state index in [1.807, 2.05) is 43.3 Å². The van der Waals surface area contributed by atoms with Crippen LogP contribution in [0.2, 0.25) is 0 Å². The number of hydrogen-bond donors (Lipinski definition) is 2. The maximum atomic E-state index is 12.2. The molecule has 9 heteroatoms. The first-order valence-electron chi connectivity index (χ1n) is 11.8. The third-order valence-electron chi connectivity index (χ3n) is 6.26. The van der Waals surface area contributed by atoms with Crippen LogP contribution in [0.15, 0.2) is 54.6 Å². The number of carbonyl (C=O) groups is 1. The first kappa shape index (κ1) is 24.1. The quantitative estimate of drug-likeness (QED) is 0.282. The first-order chi connectivity index (χ1) is 16.9. The number of amides is 1. The number of nitro groups is 1. The Balaban J connectivity index is 1.26. The van der Waals surface area contributed by atoms with E-state index in [-0.39, 0.29) is 11.6 Å². The molecule has 4 rings (SSSR count). The predicted octanol–water partition coefficient (Wildman–Crippen LogP) is 4.40. The molecule has 0 bridgehead atoms. The number of non-ortho nitro benzene ring substituents is 1. The molecule has 1 amide bonds. The van der Waals surface area contributed by atoms with Gasteiger partial charge >= 0.3 is 0 Å². The number of nitro benzene ring substituents is 1. The molecule has 2 N–H and O–H groups in total. The molecule has 0 unspecified atom stereocenters. The van der Waals surface area contributed by atoms with Gasteiger partial charge in [-0.05, 0) is 55.4 Å². The number of benzene rings is 2. The maximum Gasteiger partial charge on any atom is 0.270 e. The highest BCUT2D eigenvalue weighted by atomic mass is 16.6. The minimum atomic E-state index is -0.449. The lowest BCUT2D eigenvalue weighted by molar-refractivity contribution is -0.384. The zero-order valence-electron chi connectivity index (χ0n) is 20.0. The van der Waals surface area contributed by atoms with Gasteiger partial charge in [0.15, 0.2) is 0 Å². The number of nitrogens with zero attached hydrogens (tertiary/aromatic N) is 4. The summed E-state index contributed by atoms with van der Waals surface area (Å²) in [5.41, 5.74) is 1.54. The third kappa shape index (κ3) is 6.32. The summed E-state index contributed by atoms with van der Waals surface area (Å²) >= 11 is 0. The van der Waals surface area contributed by atoms with Gasteiger partial charge in [0.25, 0.3) is 5.69 Å². The van der Waals surface area contributed by atoms with Crippen molar-refractivity contribution in [2.24, 2.45) is 5.92 Å². The molecule has 0 saturated heterocycles. The van der Waals surface area contributed by atoms with E-state index >= 15 is 0 Å². The molecule has 1 heterocycles. The summed E-state index contributed by atoms with van der Waals surface area (Å²) in [6, 6.07) is 14.5. The lowest BCUT2D eigenvalue weighted by Crippen LogP contribution is -2.33. The van der Waals surface area contributed by atoms with Gasteiger partial charge in [0.1, 0.15) is 5.82 Å². The van der Waals surface area contributed by atoms with E-state index in [9.17, 15) is 14.9 Å². The monoisotopic (exact) mass is 474 g/mol. The van der Waals surface area contributed by atoms with E-state index in [0.29, 0.717) is 30.0 Å². The van der Waals surface area contributed by atoms with Crippen LogP contribution < -0.4 is 15.5 Å². The van der Waals surface area contributed by atoms with Gasteiger partial charge in [-0.25, -0.2) is 4.98 Å². The van der Waals surface area contributed by atoms with Gasteiger partial charge in [-0.15, -0.1) is 0 Å². The van der Waals surface area contributed by atoms with Gasteiger partial charge < -0.3 is 15.5 Å². The largest absolute Gasteiger partial charge is 0.362 e. The van der Waals surface area contributed by atoms with Crippen molar-refractivity contribution < 1.29 is 9.72 Å². The highest BCUT2D eigenvalue weighted by Crippen LogP contribution is 2.28. The fraction of sp³-hybridized carbons (Fsp3) is 0.346. The van der Waals surface area contributed by atoms with Crippen molar-refractivity contribution in [3.05, 3.63) is 70.3 Å². The minimum absolute atomic E-state index is 0.00459. The Morgan fingerprint density at radius 3 is 2.63 bits per heavy atom. The number of rotatable bonds is 8. The number of anilines is 2. The van der Waals surface area contributed by atoms with Crippen LogP contribution in [0, 0.1) is 16.0 Å².